The number of hydrogen-bond donors (Lipinski definition) is 1. The maximum absolute atomic E-state index is 11.3. The van der Waals surface area contributed by atoms with Crippen LogP contribution in [0, 0.1) is 6.92 Å². The SMILES string of the molecule is Cc1oc(-c2ccccc2)nc1CN1CCCN(C(N)=O)CC1. The van der Waals surface area contributed by atoms with Crippen molar-refractivity contribution in [2.75, 3.05) is 26.2 Å². The minimum atomic E-state index is -0.337. The quantitative estimate of drug-likeness (QED) is 0.942. The lowest BCUT2D eigenvalue weighted by atomic mass is 10.2. The van der Waals surface area contributed by atoms with Crippen LogP contribution in [0.15, 0.2) is 34.7 Å². The molecule has 0 aliphatic carbocycles. The second kappa shape index (κ2) is 6.83. The zero-order chi connectivity index (χ0) is 16.2. The van der Waals surface area contributed by atoms with Crippen molar-refractivity contribution in [3.8, 4) is 11.5 Å². The molecule has 6 nitrogen and oxygen atoms in total. The Bertz CT molecular complexity index is 668. The van der Waals surface area contributed by atoms with Crippen LogP contribution < -0.4 is 5.73 Å². The molecule has 0 atom stereocenters. The maximum atomic E-state index is 11.3. The van der Waals surface area contributed by atoms with E-state index in [1.807, 2.05) is 37.3 Å². The van der Waals surface area contributed by atoms with Crippen molar-refractivity contribution in [2.24, 2.45) is 5.73 Å². The monoisotopic (exact) mass is 314 g/mol. The van der Waals surface area contributed by atoms with E-state index in [2.05, 4.69) is 9.88 Å². The van der Waals surface area contributed by atoms with Crippen LogP contribution in [-0.4, -0.2) is 47.0 Å². The van der Waals surface area contributed by atoms with Gasteiger partial charge < -0.3 is 15.1 Å². The summed E-state index contributed by atoms with van der Waals surface area (Å²) in [6, 6.07) is 9.57. The first-order valence-electron chi connectivity index (χ1n) is 7.92. The predicted octanol–water partition coefficient (Wildman–Crippen LogP) is 2.24. The molecular formula is C17H22N4O2. The van der Waals surface area contributed by atoms with Gasteiger partial charge in [0.15, 0.2) is 0 Å². The zero-order valence-electron chi connectivity index (χ0n) is 13.4. The lowest BCUT2D eigenvalue weighted by Gasteiger charge is -2.19. The molecule has 0 spiro atoms. The third kappa shape index (κ3) is 3.71. The molecule has 122 valence electrons. The number of nitrogens with two attached hydrogens (primary N) is 1. The third-order valence-corrected chi connectivity index (χ3v) is 4.19. The fraction of sp³-hybridized carbons (Fsp3) is 0.412. The van der Waals surface area contributed by atoms with Gasteiger partial charge in [0.1, 0.15) is 5.76 Å². The van der Waals surface area contributed by atoms with Crippen LogP contribution in [0.5, 0.6) is 0 Å². The van der Waals surface area contributed by atoms with Gasteiger partial charge in [0, 0.05) is 38.3 Å². The summed E-state index contributed by atoms with van der Waals surface area (Å²) in [5.41, 5.74) is 7.31. The van der Waals surface area contributed by atoms with Gasteiger partial charge in [-0.25, -0.2) is 9.78 Å². The fourth-order valence-electron chi connectivity index (χ4n) is 2.84. The first kappa shape index (κ1) is 15.6. The van der Waals surface area contributed by atoms with Gasteiger partial charge in [-0.2, -0.15) is 0 Å². The van der Waals surface area contributed by atoms with Crippen LogP contribution >= 0.6 is 0 Å². The molecule has 2 heterocycles. The van der Waals surface area contributed by atoms with Crippen molar-refractivity contribution in [3.63, 3.8) is 0 Å². The summed E-state index contributed by atoms with van der Waals surface area (Å²) in [5, 5.41) is 0. The fourth-order valence-corrected chi connectivity index (χ4v) is 2.84. The van der Waals surface area contributed by atoms with E-state index in [1.165, 1.54) is 0 Å². The molecule has 1 saturated heterocycles. The molecule has 0 saturated carbocycles. The number of hydrogen-bond acceptors (Lipinski definition) is 4. The molecule has 6 heteroatoms. The molecule has 3 rings (SSSR count). The van der Waals surface area contributed by atoms with Gasteiger partial charge in [0.2, 0.25) is 5.89 Å². The Labute approximate surface area is 135 Å². The second-order valence-corrected chi connectivity index (χ2v) is 5.84. The lowest BCUT2D eigenvalue weighted by Crippen LogP contribution is -2.38. The average molecular weight is 314 g/mol. The van der Waals surface area contributed by atoms with E-state index in [0.29, 0.717) is 12.4 Å². The van der Waals surface area contributed by atoms with Gasteiger partial charge in [0.25, 0.3) is 0 Å². The van der Waals surface area contributed by atoms with Crippen molar-refractivity contribution in [1.82, 2.24) is 14.8 Å². The Hall–Kier alpha value is -2.34. The molecule has 1 aromatic heterocycles. The number of carbonyl (C=O) groups excluding carboxylic acids is 1. The second-order valence-electron chi connectivity index (χ2n) is 5.84. The van der Waals surface area contributed by atoms with Crippen molar-refractivity contribution in [1.29, 1.82) is 0 Å². The molecular weight excluding hydrogens is 292 g/mol. The van der Waals surface area contributed by atoms with E-state index in [-0.39, 0.29) is 6.03 Å². The highest BCUT2D eigenvalue weighted by Crippen LogP contribution is 2.22. The van der Waals surface area contributed by atoms with Gasteiger partial charge in [-0.1, -0.05) is 18.2 Å². The van der Waals surface area contributed by atoms with E-state index < -0.39 is 0 Å². The predicted molar refractivity (Wildman–Crippen MR) is 87.7 cm³/mol. The van der Waals surface area contributed by atoms with Crippen molar-refractivity contribution >= 4 is 6.03 Å². The van der Waals surface area contributed by atoms with Gasteiger partial charge in [-0.3, -0.25) is 4.90 Å². The Morgan fingerprint density at radius 3 is 2.74 bits per heavy atom. The summed E-state index contributed by atoms with van der Waals surface area (Å²) >= 11 is 0. The van der Waals surface area contributed by atoms with Gasteiger partial charge in [0.05, 0.1) is 5.69 Å². The third-order valence-electron chi connectivity index (χ3n) is 4.19. The Morgan fingerprint density at radius 1 is 1.22 bits per heavy atom. The van der Waals surface area contributed by atoms with Crippen molar-refractivity contribution < 1.29 is 9.21 Å². The number of oxazole rings is 1. The molecule has 23 heavy (non-hydrogen) atoms. The Balaban J connectivity index is 1.69. The number of rotatable bonds is 3. The Morgan fingerprint density at radius 2 is 2.00 bits per heavy atom. The molecule has 2 amide bonds. The summed E-state index contributed by atoms with van der Waals surface area (Å²) in [5.74, 6) is 1.51. The number of nitrogens with zero attached hydrogens (tertiary/aromatic N) is 3. The summed E-state index contributed by atoms with van der Waals surface area (Å²) in [6.45, 7) is 5.79. The minimum Gasteiger partial charge on any atom is -0.441 e. The van der Waals surface area contributed by atoms with E-state index in [9.17, 15) is 4.79 Å². The minimum absolute atomic E-state index is 0.337. The maximum Gasteiger partial charge on any atom is 0.314 e. The van der Waals surface area contributed by atoms with E-state index >= 15 is 0 Å². The molecule has 1 fully saturated rings. The number of aryl methyl sites for hydroxylation is 1. The van der Waals surface area contributed by atoms with Crippen LogP contribution in [0.25, 0.3) is 11.5 Å². The highest BCUT2D eigenvalue weighted by atomic mass is 16.4. The van der Waals surface area contributed by atoms with Crippen molar-refractivity contribution in [3.05, 3.63) is 41.8 Å². The summed E-state index contributed by atoms with van der Waals surface area (Å²) in [6.07, 6.45) is 0.922. The van der Waals surface area contributed by atoms with Crippen molar-refractivity contribution in [2.45, 2.75) is 19.9 Å². The number of benzene rings is 1. The molecule has 0 radical (unpaired) electrons. The van der Waals surface area contributed by atoms with Crippen LogP contribution in [0.1, 0.15) is 17.9 Å². The van der Waals surface area contributed by atoms with Crippen LogP contribution in [0.2, 0.25) is 0 Å². The normalized spacial score (nSPS) is 16.3. The number of primary amides is 1. The number of carbonyl (C=O) groups is 1. The zero-order valence-corrected chi connectivity index (χ0v) is 13.4. The largest absolute Gasteiger partial charge is 0.441 e. The van der Waals surface area contributed by atoms with Crippen LogP contribution in [0.4, 0.5) is 4.79 Å². The van der Waals surface area contributed by atoms with E-state index in [0.717, 1.165) is 49.6 Å². The topological polar surface area (TPSA) is 75.6 Å². The van der Waals surface area contributed by atoms with Gasteiger partial charge in [-0.15, -0.1) is 0 Å². The highest BCUT2D eigenvalue weighted by molar-refractivity contribution is 5.71. The number of aromatic nitrogens is 1. The standard InChI is InChI=1S/C17H22N4O2/c1-13-15(19-16(23-13)14-6-3-2-4-7-14)12-20-8-5-9-21(11-10-20)17(18)22/h2-4,6-7H,5,8-12H2,1H3,(H2,18,22). The molecule has 2 aromatic rings. The van der Waals surface area contributed by atoms with Crippen LogP contribution in [0.3, 0.4) is 0 Å². The number of urea groups is 1. The first-order valence-corrected chi connectivity index (χ1v) is 7.92. The van der Waals surface area contributed by atoms with Gasteiger partial charge in [-0.05, 0) is 25.5 Å². The van der Waals surface area contributed by atoms with Crippen LogP contribution in [-0.2, 0) is 6.54 Å². The molecule has 2 N–H and O–H groups in total. The highest BCUT2D eigenvalue weighted by Gasteiger charge is 2.19. The average Bonchev–Trinajstić information content (AvgIpc) is 2.76. The summed E-state index contributed by atoms with van der Waals surface area (Å²) in [4.78, 5) is 19.9. The molecule has 1 aliphatic heterocycles. The smallest absolute Gasteiger partial charge is 0.314 e. The Kier molecular flexibility index (Phi) is 4.62. The summed E-state index contributed by atoms with van der Waals surface area (Å²) in [7, 11) is 0. The summed E-state index contributed by atoms with van der Waals surface area (Å²) < 4.78 is 5.81. The first-order chi connectivity index (χ1) is 11.1. The number of amides is 2. The lowest BCUT2D eigenvalue weighted by molar-refractivity contribution is 0.207. The van der Waals surface area contributed by atoms with E-state index in [4.69, 9.17) is 10.2 Å². The van der Waals surface area contributed by atoms with Gasteiger partial charge >= 0.3 is 6.03 Å². The molecule has 1 aromatic carbocycles. The van der Waals surface area contributed by atoms with E-state index in [1.54, 1.807) is 4.90 Å². The molecule has 0 unspecified atom stereocenters. The molecule has 0 bridgehead atoms. The molecule has 1 aliphatic rings.